The Morgan fingerprint density at radius 3 is 2.74 bits per heavy atom. The van der Waals surface area contributed by atoms with Crippen molar-refractivity contribution < 1.29 is 13.2 Å². The number of anilines is 1. The number of aromatic nitrogens is 2. The summed E-state index contributed by atoms with van der Waals surface area (Å²) in [4.78, 5) is 7.19. The second kappa shape index (κ2) is 10.4. The third-order valence-corrected chi connectivity index (χ3v) is 11.0. The molecule has 0 aliphatic carbocycles. The fourth-order valence-electron chi connectivity index (χ4n) is 5.12. The summed E-state index contributed by atoms with van der Waals surface area (Å²) in [6.45, 7) is 16.5. The molecular weight excluding hydrogens is 476 g/mol. The summed E-state index contributed by atoms with van der Waals surface area (Å²) in [6, 6.07) is 3.40. The third-order valence-electron chi connectivity index (χ3n) is 7.12. The molecule has 2 atom stereocenters. The van der Waals surface area contributed by atoms with Gasteiger partial charge in [0.25, 0.3) is 0 Å². The van der Waals surface area contributed by atoms with Crippen LogP contribution in [0, 0.1) is 11.8 Å². The Balaban J connectivity index is 1.60. The van der Waals surface area contributed by atoms with Gasteiger partial charge in [0.2, 0.25) is 10.0 Å². The van der Waals surface area contributed by atoms with Crippen LogP contribution < -0.4 is 4.90 Å². The first kappa shape index (κ1) is 26.4. The Kier molecular flexibility index (Phi) is 7.81. The molecule has 7 nitrogen and oxygen atoms in total. The van der Waals surface area contributed by atoms with Crippen molar-refractivity contribution >= 4 is 40.9 Å². The molecule has 2 aliphatic heterocycles. The van der Waals surface area contributed by atoms with Crippen molar-refractivity contribution in [2.24, 2.45) is 11.8 Å². The van der Waals surface area contributed by atoms with Crippen molar-refractivity contribution in [3.8, 4) is 0 Å². The number of piperidine rings is 1. The van der Waals surface area contributed by atoms with Crippen LogP contribution in [0.3, 0.4) is 0 Å². The molecule has 4 heterocycles. The average molecular weight is 519 g/mol. The highest BCUT2D eigenvalue weighted by molar-refractivity contribution is 7.89. The Labute approximate surface area is 212 Å². The third kappa shape index (κ3) is 6.01. The first-order chi connectivity index (χ1) is 16.5. The maximum Gasteiger partial charge on any atom is 0.214 e. The number of hydrogen-bond acceptors (Lipinski definition) is 5. The number of nitrogens with zero attached hydrogens (tertiary/aromatic N) is 4. The Morgan fingerprint density at radius 1 is 1.26 bits per heavy atom. The van der Waals surface area contributed by atoms with E-state index in [0.717, 1.165) is 42.2 Å². The normalized spacial score (nSPS) is 21.7. The molecule has 4 rings (SSSR count). The molecule has 1 saturated heterocycles. The highest BCUT2D eigenvalue weighted by Gasteiger charge is 2.37. The second-order valence-electron chi connectivity index (χ2n) is 11.9. The maximum atomic E-state index is 13.0. The van der Waals surface area contributed by atoms with Crippen LogP contribution in [0.2, 0.25) is 25.7 Å². The average Bonchev–Trinajstić information content (AvgIpc) is 3.18. The lowest BCUT2D eigenvalue weighted by molar-refractivity contribution is 0.0899. The Hall–Kier alpha value is -1.68. The number of pyridine rings is 1. The predicted molar refractivity (Wildman–Crippen MR) is 148 cm³/mol. The van der Waals surface area contributed by atoms with Gasteiger partial charge in [-0.3, -0.25) is 0 Å². The minimum atomic E-state index is -3.26. The van der Waals surface area contributed by atoms with Gasteiger partial charge in [-0.25, -0.2) is 13.4 Å². The number of sulfonamides is 1. The van der Waals surface area contributed by atoms with Gasteiger partial charge in [0.05, 0.1) is 11.4 Å². The molecule has 0 saturated carbocycles. The lowest BCUT2D eigenvalue weighted by Crippen LogP contribution is -2.54. The SMILES string of the molecule is CC(C)CS(=O)(=O)N1CC[C@@H](C)[C@@H](N2CC=Cc3cnc4c(ccn4COCC[Si](C)(C)C)c32)C1. The van der Waals surface area contributed by atoms with Gasteiger partial charge in [0.15, 0.2) is 0 Å². The summed E-state index contributed by atoms with van der Waals surface area (Å²) < 4.78 is 35.9. The van der Waals surface area contributed by atoms with Crippen LogP contribution in [0.15, 0.2) is 24.5 Å². The Bertz CT molecular complexity index is 1170. The van der Waals surface area contributed by atoms with E-state index in [4.69, 9.17) is 9.72 Å². The van der Waals surface area contributed by atoms with Gasteiger partial charge in [0.1, 0.15) is 12.4 Å². The molecule has 0 radical (unpaired) electrons. The first-order valence-corrected chi connectivity index (χ1v) is 18.2. The topological polar surface area (TPSA) is 67.7 Å². The lowest BCUT2D eigenvalue weighted by atomic mass is 9.91. The smallest absolute Gasteiger partial charge is 0.214 e. The number of hydrogen-bond donors (Lipinski definition) is 0. The van der Waals surface area contributed by atoms with Crippen molar-refractivity contribution in [3.05, 3.63) is 30.1 Å². The number of rotatable bonds is 9. The van der Waals surface area contributed by atoms with E-state index in [9.17, 15) is 8.42 Å². The monoisotopic (exact) mass is 518 g/mol. The molecule has 2 aromatic heterocycles. The van der Waals surface area contributed by atoms with Crippen LogP contribution >= 0.6 is 0 Å². The predicted octanol–water partition coefficient (Wildman–Crippen LogP) is 4.88. The van der Waals surface area contributed by atoms with Crippen molar-refractivity contribution in [1.29, 1.82) is 0 Å². The molecule has 2 aliphatic rings. The van der Waals surface area contributed by atoms with Crippen molar-refractivity contribution in [3.63, 3.8) is 0 Å². The molecule has 0 unspecified atom stereocenters. The van der Waals surface area contributed by atoms with E-state index >= 15 is 0 Å². The summed E-state index contributed by atoms with van der Waals surface area (Å²) in [5.74, 6) is 0.726. The molecule has 0 amide bonds. The molecule has 0 aromatic carbocycles. The van der Waals surface area contributed by atoms with Gasteiger partial charge in [-0.15, -0.1) is 0 Å². The van der Waals surface area contributed by atoms with Gasteiger partial charge in [0, 0.05) is 63.7 Å². The van der Waals surface area contributed by atoms with Crippen LogP contribution in [0.25, 0.3) is 17.1 Å². The van der Waals surface area contributed by atoms with Crippen LogP contribution in [-0.2, 0) is 21.5 Å². The maximum absolute atomic E-state index is 13.0. The van der Waals surface area contributed by atoms with Crippen molar-refractivity contribution in [2.45, 2.75) is 65.6 Å². The molecule has 194 valence electrons. The van der Waals surface area contributed by atoms with Gasteiger partial charge < -0.3 is 14.2 Å². The van der Waals surface area contributed by atoms with Crippen LogP contribution in [0.5, 0.6) is 0 Å². The van der Waals surface area contributed by atoms with Gasteiger partial charge in [-0.1, -0.05) is 52.6 Å². The van der Waals surface area contributed by atoms with E-state index in [0.29, 0.717) is 25.7 Å². The van der Waals surface area contributed by atoms with E-state index in [-0.39, 0.29) is 17.7 Å². The zero-order valence-electron chi connectivity index (χ0n) is 22.2. The Morgan fingerprint density at radius 2 is 2.03 bits per heavy atom. The fourth-order valence-corrected chi connectivity index (χ4v) is 7.69. The summed E-state index contributed by atoms with van der Waals surface area (Å²) in [5.41, 5.74) is 3.18. The fraction of sp³-hybridized carbons (Fsp3) is 0.654. The van der Waals surface area contributed by atoms with Crippen LogP contribution in [0.1, 0.15) is 32.8 Å². The van der Waals surface area contributed by atoms with E-state index in [1.807, 2.05) is 20.0 Å². The molecule has 0 N–H and O–H groups in total. The quantitative estimate of drug-likeness (QED) is 0.350. The standard InChI is InChI=1S/C26H42N4O3SSi/c1-20(2)18-34(31,32)29-13-9-21(3)24(17-29)30-11-7-8-22-16-27-26-23(25(22)30)10-12-28(26)19-33-14-15-35(4,5)6/h7-8,10,12,16,20-21,24H,9,11,13-15,17-19H2,1-6H3/t21-,24+/m1/s1. The largest absolute Gasteiger partial charge is 0.362 e. The zero-order chi connectivity index (χ0) is 25.4. The summed E-state index contributed by atoms with van der Waals surface area (Å²) in [6.07, 6.45) is 9.19. The molecule has 0 bridgehead atoms. The minimum Gasteiger partial charge on any atom is -0.362 e. The summed E-state index contributed by atoms with van der Waals surface area (Å²) in [5, 5.41) is 1.11. The van der Waals surface area contributed by atoms with Gasteiger partial charge >= 0.3 is 0 Å². The number of ether oxygens (including phenoxy) is 1. The van der Waals surface area contributed by atoms with E-state index in [2.05, 4.69) is 60.4 Å². The second-order valence-corrected chi connectivity index (χ2v) is 19.5. The highest BCUT2D eigenvalue weighted by atomic mass is 32.2. The van der Waals surface area contributed by atoms with E-state index in [1.54, 1.807) is 4.31 Å². The van der Waals surface area contributed by atoms with E-state index in [1.165, 1.54) is 5.69 Å². The van der Waals surface area contributed by atoms with Gasteiger partial charge in [-0.2, -0.15) is 4.31 Å². The lowest BCUT2D eigenvalue weighted by Gasteiger charge is -2.45. The molecule has 2 aromatic rings. The molecule has 35 heavy (non-hydrogen) atoms. The minimum absolute atomic E-state index is 0.120. The van der Waals surface area contributed by atoms with E-state index < -0.39 is 18.1 Å². The molecule has 0 spiro atoms. The molecule has 9 heteroatoms. The first-order valence-electron chi connectivity index (χ1n) is 12.9. The van der Waals surface area contributed by atoms with Gasteiger partial charge in [-0.05, 0) is 30.4 Å². The molecular formula is C26H42N4O3SSi. The van der Waals surface area contributed by atoms with Crippen molar-refractivity contribution in [1.82, 2.24) is 13.9 Å². The highest BCUT2D eigenvalue weighted by Crippen LogP contribution is 2.38. The summed E-state index contributed by atoms with van der Waals surface area (Å²) in [7, 11) is -4.39. The zero-order valence-corrected chi connectivity index (χ0v) is 24.0. The van der Waals surface area contributed by atoms with Crippen molar-refractivity contribution in [2.75, 3.05) is 36.9 Å². The van der Waals surface area contributed by atoms with Crippen LogP contribution in [0.4, 0.5) is 5.69 Å². The number of fused-ring (bicyclic) bond motifs is 3. The molecule has 1 fully saturated rings. The van der Waals surface area contributed by atoms with Crippen LogP contribution in [-0.4, -0.2) is 68.4 Å². The summed E-state index contributed by atoms with van der Waals surface area (Å²) >= 11 is 0.